The maximum absolute atomic E-state index is 13.0. The molecule has 4 aromatic rings. The van der Waals surface area contributed by atoms with Crippen molar-refractivity contribution in [1.82, 2.24) is 10.3 Å². The van der Waals surface area contributed by atoms with E-state index >= 15 is 0 Å². The normalized spacial score (nSPS) is 10.6. The summed E-state index contributed by atoms with van der Waals surface area (Å²) in [5, 5.41) is 3.82. The summed E-state index contributed by atoms with van der Waals surface area (Å²) in [5.74, 6) is 0.676. The van der Waals surface area contributed by atoms with Crippen LogP contribution in [0.3, 0.4) is 0 Å². The number of aromatic nitrogens is 1. The van der Waals surface area contributed by atoms with E-state index in [1.165, 1.54) is 40.6 Å². The number of para-hydroxylation sites is 1. The van der Waals surface area contributed by atoms with E-state index in [1.807, 2.05) is 24.3 Å². The Morgan fingerprint density at radius 1 is 0.778 bits per heavy atom. The number of benzene rings is 3. The molecule has 0 aliphatic rings. The highest BCUT2D eigenvalue weighted by Gasteiger charge is 2.20. The number of hydrogen-bond acceptors (Lipinski definition) is 7. The van der Waals surface area contributed by atoms with Gasteiger partial charge in [-0.2, -0.15) is 0 Å². The summed E-state index contributed by atoms with van der Waals surface area (Å²) in [7, 11) is 5.88. The van der Waals surface area contributed by atoms with Crippen molar-refractivity contribution in [3.8, 4) is 28.7 Å². The fourth-order valence-corrected chi connectivity index (χ4v) is 3.74. The van der Waals surface area contributed by atoms with Crippen LogP contribution in [0.5, 0.6) is 28.7 Å². The Morgan fingerprint density at radius 3 is 2.11 bits per heavy atom. The summed E-state index contributed by atoms with van der Waals surface area (Å²) in [4.78, 5) is 28.7. The summed E-state index contributed by atoms with van der Waals surface area (Å²) in [6.45, 7) is 0.215. The Balaban J connectivity index is 1.51. The van der Waals surface area contributed by atoms with Gasteiger partial charge in [0, 0.05) is 17.4 Å². The molecule has 0 fully saturated rings. The van der Waals surface area contributed by atoms with Gasteiger partial charge in [-0.1, -0.05) is 24.3 Å². The quantitative estimate of drug-likeness (QED) is 0.265. The highest BCUT2D eigenvalue weighted by atomic mass is 16.6. The van der Waals surface area contributed by atoms with Crippen LogP contribution < -0.4 is 29.0 Å². The molecular weight excluding hydrogens is 464 g/mol. The Bertz CT molecular complexity index is 1350. The Kier molecular flexibility index (Phi) is 7.29. The van der Waals surface area contributed by atoms with Crippen molar-refractivity contribution >= 4 is 22.8 Å². The summed E-state index contributed by atoms with van der Waals surface area (Å²) in [6.07, 6.45) is 0. The lowest BCUT2D eigenvalue weighted by molar-refractivity contribution is 0.0728. The molecule has 9 nitrogen and oxygen atoms in total. The topological polar surface area (TPSA) is 108 Å². The predicted octanol–water partition coefficient (Wildman–Crippen LogP) is 4.35. The molecule has 2 N–H and O–H groups in total. The SMILES string of the molecule is COc1ccc(CNC(=O)c2cc3ccccc3[nH]2)cc1OC(=O)c1cc(OC)c(OC)c(OC)c1. The van der Waals surface area contributed by atoms with E-state index in [-0.39, 0.29) is 23.8 Å². The van der Waals surface area contributed by atoms with E-state index in [4.69, 9.17) is 23.7 Å². The van der Waals surface area contributed by atoms with Gasteiger partial charge in [0.2, 0.25) is 5.75 Å². The number of H-pyrrole nitrogens is 1. The van der Waals surface area contributed by atoms with Gasteiger partial charge < -0.3 is 34.0 Å². The highest BCUT2D eigenvalue weighted by Crippen LogP contribution is 2.39. The second-order valence-corrected chi connectivity index (χ2v) is 7.74. The van der Waals surface area contributed by atoms with Crippen molar-refractivity contribution in [2.45, 2.75) is 6.54 Å². The average Bonchev–Trinajstić information content (AvgIpc) is 3.35. The molecule has 186 valence electrons. The minimum absolute atomic E-state index is 0.198. The molecule has 4 rings (SSSR count). The predicted molar refractivity (Wildman–Crippen MR) is 134 cm³/mol. The van der Waals surface area contributed by atoms with Crippen molar-refractivity contribution in [2.75, 3.05) is 28.4 Å². The average molecular weight is 491 g/mol. The molecule has 1 amide bonds. The minimum Gasteiger partial charge on any atom is -0.493 e. The number of methoxy groups -OCH3 is 4. The van der Waals surface area contributed by atoms with Crippen molar-refractivity contribution in [3.05, 3.63) is 77.5 Å². The molecule has 0 spiro atoms. The minimum atomic E-state index is -0.646. The molecule has 0 aliphatic heterocycles. The van der Waals surface area contributed by atoms with Crippen molar-refractivity contribution in [2.24, 2.45) is 0 Å². The lowest BCUT2D eigenvalue weighted by Gasteiger charge is -2.15. The number of carbonyl (C=O) groups is 2. The summed E-state index contributed by atoms with van der Waals surface area (Å²) >= 11 is 0. The van der Waals surface area contributed by atoms with E-state index < -0.39 is 5.97 Å². The van der Waals surface area contributed by atoms with Crippen molar-refractivity contribution in [1.29, 1.82) is 0 Å². The third-order valence-electron chi connectivity index (χ3n) is 5.56. The largest absolute Gasteiger partial charge is 0.493 e. The highest BCUT2D eigenvalue weighted by molar-refractivity contribution is 5.98. The van der Waals surface area contributed by atoms with Crippen LogP contribution in [0.4, 0.5) is 0 Å². The van der Waals surface area contributed by atoms with Crippen LogP contribution in [0.2, 0.25) is 0 Å². The maximum Gasteiger partial charge on any atom is 0.343 e. The van der Waals surface area contributed by atoms with Crippen LogP contribution in [-0.4, -0.2) is 45.3 Å². The van der Waals surface area contributed by atoms with E-state index in [1.54, 1.807) is 24.3 Å². The number of esters is 1. The van der Waals surface area contributed by atoms with Gasteiger partial charge in [-0.25, -0.2) is 4.79 Å². The number of hydrogen-bond donors (Lipinski definition) is 2. The monoisotopic (exact) mass is 490 g/mol. The van der Waals surface area contributed by atoms with Crippen molar-refractivity contribution in [3.63, 3.8) is 0 Å². The number of carbonyl (C=O) groups excluding carboxylic acids is 2. The number of aromatic amines is 1. The van der Waals surface area contributed by atoms with Crippen LogP contribution >= 0.6 is 0 Å². The zero-order chi connectivity index (χ0) is 25.7. The molecular formula is C27H26N2O7. The fourth-order valence-electron chi connectivity index (χ4n) is 3.74. The Labute approximate surface area is 207 Å². The molecule has 0 unspecified atom stereocenters. The van der Waals surface area contributed by atoms with Crippen LogP contribution in [0, 0.1) is 0 Å². The van der Waals surface area contributed by atoms with E-state index in [9.17, 15) is 9.59 Å². The standard InChI is InChI=1S/C27H26N2O7/c1-32-21-10-9-16(15-28-26(30)20-12-17-7-5-6-8-19(17)29-20)11-22(21)36-27(31)18-13-23(33-2)25(35-4)24(14-18)34-3/h5-14,29H,15H2,1-4H3,(H,28,30). The van der Waals surface area contributed by atoms with Gasteiger partial charge in [-0.15, -0.1) is 0 Å². The summed E-state index contributed by atoms with van der Waals surface area (Å²) < 4.78 is 26.9. The van der Waals surface area contributed by atoms with Gasteiger partial charge in [0.25, 0.3) is 5.91 Å². The van der Waals surface area contributed by atoms with E-state index in [0.29, 0.717) is 34.3 Å². The lowest BCUT2D eigenvalue weighted by Crippen LogP contribution is -2.23. The Morgan fingerprint density at radius 2 is 1.47 bits per heavy atom. The second-order valence-electron chi connectivity index (χ2n) is 7.74. The molecule has 0 bridgehead atoms. The van der Waals surface area contributed by atoms with Crippen LogP contribution in [-0.2, 0) is 6.54 Å². The van der Waals surface area contributed by atoms with Gasteiger partial charge in [0.15, 0.2) is 23.0 Å². The smallest absolute Gasteiger partial charge is 0.343 e. The first kappa shape index (κ1) is 24.5. The van der Waals surface area contributed by atoms with Crippen molar-refractivity contribution < 1.29 is 33.3 Å². The molecule has 1 aromatic heterocycles. The molecule has 0 atom stereocenters. The molecule has 0 aliphatic carbocycles. The number of ether oxygens (including phenoxy) is 5. The molecule has 0 radical (unpaired) electrons. The molecule has 36 heavy (non-hydrogen) atoms. The molecule has 0 saturated heterocycles. The van der Waals surface area contributed by atoms with Crippen LogP contribution in [0.15, 0.2) is 60.7 Å². The first-order valence-corrected chi connectivity index (χ1v) is 11.0. The zero-order valence-electron chi connectivity index (χ0n) is 20.3. The third-order valence-corrected chi connectivity index (χ3v) is 5.56. The van der Waals surface area contributed by atoms with Gasteiger partial charge in [-0.05, 0) is 42.0 Å². The van der Waals surface area contributed by atoms with Gasteiger partial charge >= 0.3 is 5.97 Å². The Hall–Kier alpha value is -4.66. The second kappa shape index (κ2) is 10.7. The fraction of sp³-hybridized carbons (Fsp3) is 0.185. The van der Waals surface area contributed by atoms with Gasteiger partial charge in [0.1, 0.15) is 5.69 Å². The molecule has 3 aromatic carbocycles. The molecule has 9 heteroatoms. The van der Waals surface area contributed by atoms with Gasteiger partial charge in [0.05, 0.1) is 34.0 Å². The maximum atomic E-state index is 13.0. The zero-order valence-corrected chi connectivity index (χ0v) is 20.3. The van der Waals surface area contributed by atoms with Gasteiger partial charge in [-0.3, -0.25) is 4.79 Å². The number of rotatable bonds is 9. The number of nitrogens with one attached hydrogen (secondary N) is 2. The summed E-state index contributed by atoms with van der Waals surface area (Å²) in [6, 6.07) is 17.5. The summed E-state index contributed by atoms with van der Waals surface area (Å²) in [5.41, 5.74) is 2.25. The number of amides is 1. The molecule has 0 saturated carbocycles. The first-order chi connectivity index (χ1) is 17.5. The lowest BCUT2D eigenvalue weighted by atomic mass is 10.1. The van der Waals surface area contributed by atoms with E-state index in [0.717, 1.165) is 10.9 Å². The third kappa shape index (κ3) is 5.05. The number of fused-ring (bicyclic) bond motifs is 1. The van der Waals surface area contributed by atoms with Crippen LogP contribution in [0.1, 0.15) is 26.4 Å². The first-order valence-electron chi connectivity index (χ1n) is 11.0. The molecule has 1 heterocycles. The van der Waals surface area contributed by atoms with E-state index in [2.05, 4.69) is 10.3 Å². The van der Waals surface area contributed by atoms with Crippen LogP contribution in [0.25, 0.3) is 10.9 Å².